The van der Waals surface area contributed by atoms with Crippen molar-refractivity contribution in [2.75, 3.05) is 32.7 Å². The second-order valence-corrected chi connectivity index (χ2v) is 8.99. The van der Waals surface area contributed by atoms with E-state index in [9.17, 15) is 0 Å². The van der Waals surface area contributed by atoms with Gasteiger partial charge in [0.25, 0.3) is 0 Å². The van der Waals surface area contributed by atoms with Crippen LogP contribution in [0.1, 0.15) is 43.9 Å². The first kappa shape index (κ1) is 22.7. The molecule has 1 unspecified atom stereocenters. The zero-order valence-corrected chi connectivity index (χ0v) is 19.4. The molecular weight excluding hydrogens is 396 g/mol. The summed E-state index contributed by atoms with van der Waals surface area (Å²) in [5, 5.41) is 7.17. The van der Waals surface area contributed by atoms with Crippen LogP contribution in [0.4, 0.5) is 0 Å². The van der Waals surface area contributed by atoms with Crippen molar-refractivity contribution in [3.63, 3.8) is 0 Å². The monoisotopic (exact) mass is 434 g/mol. The molecule has 172 valence electrons. The van der Waals surface area contributed by atoms with Crippen molar-refractivity contribution in [1.29, 1.82) is 0 Å². The lowest BCUT2D eigenvalue weighted by Crippen LogP contribution is -2.49. The third kappa shape index (κ3) is 6.78. The standard InChI is InChI=1S/C26H38N6/c1-2-27-26(29-19-25-12-8-16-32(25)20-22-9-4-3-5-10-22)30-23-13-17-31(18-14-23)21-24-11-6-7-15-28-24/h3-7,9-11,15,23,25H,2,8,12-14,16-21H2,1H3,(H2,27,29,30). The van der Waals surface area contributed by atoms with Gasteiger partial charge in [0.05, 0.1) is 12.2 Å². The Morgan fingerprint density at radius 2 is 1.81 bits per heavy atom. The molecule has 0 bridgehead atoms. The van der Waals surface area contributed by atoms with E-state index < -0.39 is 0 Å². The summed E-state index contributed by atoms with van der Waals surface area (Å²) in [7, 11) is 0. The second kappa shape index (κ2) is 12.0. The number of nitrogens with zero attached hydrogens (tertiary/aromatic N) is 4. The summed E-state index contributed by atoms with van der Waals surface area (Å²) in [6, 6.07) is 18.0. The normalized spacial score (nSPS) is 21.0. The van der Waals surface area contributed by atoms with Crippen molar-refractivity contribution < 1.29 is 0 Å². The molecule has 0 saturated carbocycles. The summed E-state index contributed by atoms with van der Waals surface area (Å²) in [6.45, 7) is 9.24. The molecule has 3 heterocycles. The third-order valence-electron chi connectivity index (χ3n) is 6.57. The number of likely N-dealkylation sites (tertiary alicyclic amines) is 2. The molecule has 2 saturated heterocycles. The van der Waals surface area contributed by atoms with Crippen LogP contribution in [0.2, 0.25) is 0 Å². The number of aliphatic imine (C=N–C) groups is 1. The average Bonchev–Trinajstić information content (AvgIpc) is 3.27. The number of nitrogens with one attached hydrogen (secondary N) is 2. The highest BCUT2D eigenvalue weighted by molar-refractivity contribution is 5.80. The van der Waals surface area contributed by atoms with E-state index in [2.05, 4.69) is 74.8 Å². The first-order valence-corrected chi connectivity index (χ1v) is 12.2. The van der Waals surface area contributed by atoms with Gasteiger partial charge in [-0.25, -0.2) is 0 Å². The largest absolute Gasteiger partial charge is 0.357 e. The van der Waals surface area contributed by atoms with Crippen molar-refractivity contribution in [3.05, 3.63) is 66.0 Å². The highest BCUT2D eigenvalue weighted by atomic mass is 15.2. The number of rotatable bonds is 8. The number of piperidine rings is 1. The van der Waals surface area contributed by atoms with E-state index in [0.717, 1.165) is 63.8 Å². The molecule has 0 spiro atoms. The molecule has 2 aromatic rings. The van der Waals surface area contributed by atoms with Gasteiger partial charge in [-0.3, -0.25) is 19.8 Å². The molecule has 2 aliphatic rings. The van der Waals surface area contributed by atoms with E-state index >= 15 is 0 Å². The Morgan fingerprint density at radius 1 is 1.00 bits per heavy atom. The molecule has 32 heavy (non-hydrogen) atoms. The lowest BCUT2D eigenvalue weighted by molar-refractivity contribution is 0.196. The minimum absolute atomic E-state index is 0.483. The van der Waals surface area contributed by atoms with Gasteiger partial charge in [-0.15, -0.1) is 0 Å². The molecule has 1 aromatic carbocycles. The Morgan fingerprint density at radius 3 is 2.56 bits per heavy atom. The number of hydrogen-bond donors (Lipinski definition) is 2. The second-order valence-electron chi connectivity index (χ2n) is 8.99. The summed E-state index contributed by atoms with van der Waals surface area (Å²) in [5.74, 6) is 0.974. The Labute approximate surface area is 193 Å². The van der Waals surface area contributed by atoms with Crippen LogP contribution >= 0.6 is 0 Å². The maximum Gasteiger partial charge on any atom is 0.191 e. The molecule has 1 atom stereocenters. The smallest absolute Gasteiger partial charge is 0.191 e. The molecule has 6 nitrogen and oxygen atoms in total. The first-order valence-electron chi connectivity index (χ1n) is 12.2. The van der Waals surface area contributed by atoms with Crippen LogP contribution in [0.15, 0.2) is 59.7 Å². The quantitative estimate of drug-likeness (QED) is 0.493. The van der Waals surface area contributed by atoms with Crippen molar-refractivity contribution in [2.24, 2.45) is 4.99 Å². The number of aromatic nitrogens is 1. The van der Waals surface area contributed by atoms with E-state index in [1.165, 1.54) is 24.9 Å². The van der Waals surface area contributed by atoms with Crippen LogP contribution in [0, 0.1) is 0 Å². The molecule has 0 aliphatic carbocycles. The first-order chi connectivity index (χ1) is 15.8. The fourth-order valence-electron chi connectivity index (χ4n) is 4.79. The molecule has 2 N–H and O–H groups in total. The highest BCUT2D eigenvalue weighted by Crippen LogP contribution is 2.20. The van der Waals surface area contributed by atoms with E-state index in [0.29, 0.717) is 12.1 Å². The van der Waals surface area contributed by atoms with Gasteiger partial charge in [-0.1, -0.05) is 36.4 Å². The molecule has 4 rings (SSSR count). The number of pyridine rings is 1. The predicted molar refractivity (Wildman–Crippen MR) is 132 cm³/mol. The van der Waals surface area contributed by atoms with E-state index in [-0.39, 0.29) is 0 Å². The van der Waals surface area contributed by atoms with Crippen molar-refractivity contribution in [1.82, 2.24) is 25.4 Å². The van der Waals surface area contributed by atoms with Gasteiger partial charge in [-0.05, 0) is 56.8 Å². The summed E-state index contributed by atoms with van der Waals surface area (Å²) in [6.07, 6.45) is 6.67. The van der Waals surface area contributed by atoms with Crippen LogP contribution in [0.3, 0.4) is 0 Å². The summed E-state index contributed by atoms with van der Waals surface area (Å²) < 4.78 is 0. The fourth-order valence-corrected chi connectivity index (χ4v) is 4.79. The van der Waals surface area contributed by atoms with Gasteiger partial charge in [0, 0.05) is 51.0 Å². The number of benzene rings is 1. The van der Waals surface area contributed by atoms with Gasteiger partial charge < -0.3 is 10.6 Å². The zero-order chi connectivity index (χ0) is 22.0. The minimum Gasteiger partial charge on any atom is -0.357 e. The lowest BCUT2D eigenvalue weighted by atomic mass is 10.0. The lowest BCUT2D eigenvalue weighted by Gasteiger charge is -2.33. The SMILES string of the molecule is CCNC(=NCC1CCCN1Cc1ccccc1)NC1CCN(Cc2ccccn2)CC1. The number of hydrogen-bond acceptors (Lipinski definition) is 4. The molecule has 2 fully saturated rings. The Bertz CT molecular complexity index is 817. The van der Waals surface area contributed by atoms with Crippen LogP contribution in [-0.4, -0.2) is 65.6 Å². The van der Waals surface area contributed by atoms with Crippen LogP contribution in [-0.2, 0) is 13.1 Å². The van der Waals surface area contributed by atoms with E-state index in [1.807, 2.05) is 12.3 Å². The van der Waals surface area contributed by atoms with Gasteiger partial charge in [-0.2, -0.15) is 0 Å². The highest BCUT2D eigenvalue weighted by Gasteiger charge is 2.25. The fraction of sp³-hybridized carbons (Fsp3) is 0.538. The Balaban J connectivity index is 1.26. The van der Waals surface area contributed by atoms with E-state index in [1.54, 1.807) is 0 Å². The Hall–Kier alpha value is -2.44. The minimum atomic E-state index is 0.483. The zero-order valence-electron chi connectivity index (χ0n) is 19.4. The van der Waals surface area contributed by atoms with Gasteiger partial charge >= 0.3 is 0 Å². The topological polar surface area (TPSA) is 55.8 Å². The van der Waals surface area contributed by atoms with Crippen LogP contribution in [0.5, 0.6) is 0 Å². The summed E-state index contributed by atoms with van der Waals surface area (Å²) in [4.78, 5) is 14.6. The van der Waals surface area contributed by atoms with Gasteiger partial charge in [0.1, 0.15) is 0 Å². The maximum absolute atomic E-state index is 5.00. The number of guanidine groups is 1. The summed E-state index contributed by atoms with van der Waals surface area (Å²) >= 11 is 0. The van der Waals surface area contributed by atoms with Crippen molar-refractivity contribution in [3.8, 4) is 0 Å². The maximum atomic E-state index is 5.00. The molecular formula is C26H38N6. The van der Waals surface area contributed by atoms with Gasteiger partial charge in [0.2, 0.25) is 0 Å². The third-order valence-corrected chi connectivity index (χ3v) is 6.57. The Kier molecular flexibility index (Phi) is 8.51. The molecule has 6 heteroatoms. The average molecular weight is 435 g/mol. The summed E-state index contributed by atoms with van der Waals surface area (Å²) in [5.41, 5.74) is 2.55. The van der Waals surface area contributed by atoms with Gasteiger partial charge in [0.15, 0.2) is 5.96 Å². The van der Waals surface area contributed by atoms with Crippen molar-refractivity contribution >= 4 is 5.96 Å². The van der Waals surface area contributed by atoms with Crippen LogP contribution in [0.25, 0.3) is 0 Å². The van der Waals surface area contributed by atoms with Crippen molar-refractivity contribution in [2.45, 2.75) is 57.8 Å². The predicted octanol–water partition coefficient (Wildman–Crippen LogP) is 3.27. The van der Waals surface area contributed by atoms with Crippen LogP contribution < -0.4 is 10.6 Å². The molecule has 0 amide bonds. The molecule has 1 aromatic heterocycles. The van der Waals surface area contributed by atoms with E-state index in [4.69, 9.17) is 4.99 Å². The molecule has 0 radical (unpaired) electrons. The molecule has 2 aliphatic heterocycles.